The third-order valence-electron chi connectivity index (χ3n) is 2.35. The van der Waals surface area contributed by atoms with Gasteiger partial charge in [-0.1, -0.05) is 24.3 Å². The Balaban J connectivity index is 2.38. The van der Waals surface area contributed by atoms with Gasteiger partial charge in [-0.05, 0) is 18.1 Å². The first-order valence-corrected chi connectivity index (χ1v) is 5.22. The number of aliphatic carboxylic acids is 1. The van der Waals surface area contributed by atoms with Gasteiger partial charge in [0.05, 0.1) is 25.7 Å². The fourth-order valence-corrected chi connectivity index (χ4v) is 1.46. The van der Waals surface area contributed by atoms with E-state index in [9.17, 15) is 4.79 Å². The largest absolute Gasteiger partial charge is 0.481 e. The zero-order valence-electron chi connectivity index (χ0n) is 9.35. The van der Waals surface area contributed by atoms with E-state index in [1.807, 2.05) is 31.2 Å². The molecule has 88 valence electrons. The maximum Gasteiger partial charge on any atom is 0.305 e. The van der Waals surface area contributed by atoms with Gasteiger partial charge in [0, 0.05) is 0 Å². The SMILES string of the molecule is Cc1ccccc1C(N)COCCC(=O)O. The number of carbonyl (C=O) groups is 1. The molecule has 0 aliphatic carbocycles. The summed E-state index contributed by atoms with van der Waals surface area (Å²) in [4.78, 5) is 10.3. The quantitative estimate of drug-likeness (QED) is 0.716. The maximum atomic E-state index is 10.3. The third kappa shape index (κ3) is 4.00. The number of aryl methyl sites for hydroxylation is 1. The fraction of sp³-hybridized carbons (Fsp3) is 0.417. The molecule has 1 unspecified atom stereocenters. The molecule has 1 aromatic rings. The van der Waals surface area contributed by atoms with Gasteiger partial charge in [0.1, 0.15) is 0 Å². The van der Waals surface area contributed by atoms with E-state index >= 15 is 0 Å². The summed E-state index contributed by atoms with van der Waals surface area (Å²) in [5.41, 5.74) is 8.10. The van der Waals surface area contributed by atoms with Gasteiger partial charge in [0.25, 0.3) is 0 Å². The first-order chi connectivity index (χ1) is 7.61. The molecule has 0 fully saturated rings. The molecule has 1 atom stereocenters. The van der Waals surface area contributed by atoms with Crippen molar-refractivity contribution in [3.05, 3.63) is 35.4 Å². The van der Waals surface area contributed by atoms with Crippen LogP contribution in [0, 0.1) is 6.92 Å². The van der Waals surface area contributed by atoms with Crippen LogP contribution in [0.4, 0.5) is 0 Å². The van der Waals surface area contributed by atoms with Crippen LogP contribution >= 0.6 is 0 Å². The zero-order chi connectivity index (χ0) is 12.0. The highest BCUT2D eigenvalue weighted by molar-refractivity contribution is 5.66. The maximum absolute atomic E-state index is 10.3. The van der Waals surface area contributed by atoms with Gasteiger partial charge in [-0.15, -0.1) is 0 Å². The topological polar surface area (TPSA) is 72.5 Å². The fourth-order valence-electron chi connectivity index (χ4n) is 1.46. The van der Waals surface area contributed by atoms with Crippen molar-refractivity contribution in [1.29, 1.82) is 0 Å². The van der Waals surface area contributed by atoms with Gasteiger partial charge in [-0.2, -0.15) is 0 Å². The van der Waals surface area contributed by atoms with Crippen LogP contribution in [-0.4, -0.2) is 24.3 Å². The minimum absolute atomic E-state index is 0.0144. The minimum Gasteiger partial charge on any atom is -0.481 e. The molecule has 0 aliphatic heterocycles. The highest BCUT2D eigenvalue weighted by Gasteiger charge is 2.08. The Morgan fingerprint density at radius 1 is 1.50 bits per heavy atom. The number of hydrogen-bond donors (Lipinski definition) is 2. The summed E-state index contributed by atoms with van der Waals surface area (Å²) in [5, 5.41) is 8.43. The Morgan fingerprint density at radius 3 is 2.81 bits per heavy atom. The monoisotopic (exact) mass is 223 g/mol. The molecule has 3 N–H and O–H groups in total. The van der Waals surface area contributed by atoms with Gasteiger partial charge in [-0.3, -0.25) is 4.79 Å². The van der Waals surface area contributed by atoms with E-state index in [0.717, 1.165) is 11.1 Å². The molecule has 0 aliphatic rings. The second-order valence-corrected chi connectivity index (χ2v) is 3.68. The second-order valence-electron chi connectivity index (χ2n) is 3.68. The average molecular weight is 223 g/mol. The summed E-state index contributed by atoms with van der Waals surface area (Å²) in [5.74, 6) is -0.857. The summed E-state index contributed by atoms with van der Waals surface area (Å²) in [6.45, 7) is 2.54. The van der Waals surface area contributed by atoms with Gasteiger partial charge >= 0.3 is 5.97 Å². The van der Waals surface area contributed by atoms with Crippen molar-refractivity contribution in [3.8, 4) is 0 Å². The number of ether oxygens (including phenoxy) is 1. The molecule has 0 saturated carbocycles. The Bertz CT molecular complexity index is 352. The molecule has 0 spiro atoms. The Labute approximate surface area is 95.0 Å². The number of carboxylic acids is 1. The van der Waals surface area contributed by atoms with E-state index in [1.165, 1.54) is 0 Å². The highest BCUT2D eigenvalue weighted by atomic mass is 16.5. The molecule has 0 radical (unpaired) electrons. The Kier molecular flexibility index (Phi) is 4.95. The Morgan fingerprint density at radius 2 is 2.19 bits per heavy atom. The van der Waals surface area contributed by atoms with Crippen molar-refractivity contribution in [2.75, 3.05) is 13.2 Å². The minimum atomic E-state index is -0.857. The van der Waals surface area contributed by atoms with E-state index in [4.69, 9.17) is 15.6 Å². The number of nitrogens with two attached hydrogens (primary N) is 1. The van der Waals surface area contributed by atoms with Gasteiger partial charge in [0.2, 0.25) is 0 Å². The van der Waals surface area contributed by atoms with Crippen LogP contribution in [0.15, 0.2) is 24.3 Å². The van der Waals surface area contributed by atoms with Crippen LogP contribution in [0.3, 0.4) is 0 Å². The molecule has 4 nitrogen and oxygen atoms in total. The predicted octanol–water partition coefficient (Wildman–Crippen LogP) is 1.49. The number of benzene rings is 1. The molecule has 0 bridgehead atoms. The van der Waals surface area contributed by atoms with E-state index in [-0.39, 0.29) is 19.1 Å². The molecule has 1 aromatic carbocycles. The molecule has 4 heteroatoms. The highest BCUT2D eigenvalue weighted by Crippen LogP contribution is 2.15. The molecule has 1 rings (SSSR count). The summed E-state index contributed by atoms with van der Waals surface area (Å²) in [6.07, 6.45) is 0.0144. The van der Waals surface area contributed by atoms with Crippen LogP contribution in [0.1, 0.15) is 23.6 Å². The summed E-state index contributed by atoms with van der Waals surface area (Å²) >= 11 is 0. The number of rotatable bonds is 6. The lowest BCUT2D eigenvalue weighted by atomic mass is 10.0. The molecule has 0 aromatic heterocycles. The van der Waals surface area contributed by atoms with Crippen molar-refractivity contribution in [2.45, 2.75) is 19.4 Å². The third-order valence-corrected chi connectivity index (χ3v) is 2.35. The molecule has 0 heterocycles. The van der Waals surface area contributed by atoms with E-state index < -0.39 is 5.97 Å². The molecule has 0 saturated heterocycles. The predicted molar refractivity (Wildman–Crippen MR) is 61.2 cm³/mol. The lowest BCUT2D eigenvalue weighted by Gasteiger charge is -2.14. The molecular formula is C12H17NO3. The van der Waals surface area contributed by atoms with E-state index in [0.29, 0.717) is 6.61 Å². The van der Waals surface area contributed by atoms with Crippen molar-refractivity contribution >= 4 is 5.97 Å². The number of hydrogen-bond acceptors (Lipinski definition) is 3. The molecular weight excluding hydrogens is 206 g/mol. The van der Waals surface area contributed by atoms with Crippen LogP contribution in [-0.2, 0) is 9.53 Å². The first-order valence-electron chi connectivity index (χ1n) is 5.22. The van der Waals surface area contributed by atoms with Crippen molar-refractivity contribution in [3.63, 3.8) is 0 Å². The lowest BCUT2D eigenvalue weighted by molar-refractivity contribution is -0.138. The summed E-state index contributed by atoms with van der Waals surface area (Å²) < 4.78 is 5.21. The van der Waals surface area contributed by atoms with Gasteiger partial charge < -0.3 is 15.6 Å². The smallest absolute Gasteiger partial charge is 0.305 e. The van der Waals surface area contributed by atoms with E-state index in [1.54, 1.807) is 0 Å². The van der Waals surface area contributed by atoms with Crippen molar-refractivity contribution in [2.24, 2.45) is 5.73 Å². The van der Waals surface area contributed by atoms with Gasteiger partial charge in [-0.25, -0.2) is 0 Å². The van der Waals surface area contributed by atoms with Crippen LogP contribution in [0.2, 0.25) is 0 Å². The summed E-state index contributed by atoms with van der Waals surface area (Å²) in [7, 11) is 0. The Hall–Kier alpha value is -1.39. The number of carboxylic acid groups (broad SMARTS) is 1. The average Bonchev–Trinajstić information content (AvgIpc) is 2.24. The van der Waals surface area contributed by atoms with Crippen LogP contribution < -0.4 is 5.73 Å². The molecule has 16 heavy (non-hydrogen) atoms. The van der Waals surface area contributed by atoms with Crippen LogP contribution in [0.5, 0.6) is 0 Å². The lowest BCUT2D eigenvalue weighted by Crippen LogP contribution is -2.19. The van der Waals surface area contributed by atoms with Crippen molar-refractivity contribution < 1.29 is 14.6 Å². The normalized spacial score (nSPS) is 12.4. The van der Waals surface area contributed by atoms with Gasteiger partial charge in [0.15, 0.2) is 0 Å². The van der Waals surface area contributed by atoms with E-state index in [2.05, 4.69) is 0 Å². The standard InChI is InChI=1S/C12H17NO3/c1-9-4-2-3-5-10(9)11(13)8-16-7-6-12(14)15/h2-5,11H,6-8,13H2,1H3,(H,14,15). The zero-order valence-corrected chi connectivity index (χ0v) is 9.35. The van der Waals surface area contributed by atoms with Crippen molar-refractivity contribution in [1.82, 2.24) is 0 Å². The first kappa shape index (κ1) is 12.7. The summed E-state index contributed by atoms with van der Waals surface area (Å²) in [6, 6.07) is 7.64. The van der Waals surface area contributed by atoms with Crippen LogP contribution in [0.25, 0.3) is 0 Å². The second kappa shape index (κ2) is 6.25. The molecule has 0 amide bonds.